The first kappa shape index (κ1) is 10.7. The van der Waals surface area contributed by atoms with Crippen molar-refractivity contribution in [3.8, 4) is 0 Å². The lowest BCUT2D eigenvalue weighted by Crippen LogP contribution is -2.11. The molecule has 1 rings (SSSR count). The fourth-order valence-electron chi connectivity index (χ4n) is 1.13. The Balaban J connectivity index is 2.73. The van der Waals surface area contributed by atoms with Crippen LogP contribution in [-0.4, -0.2) is 17.6 Å². The summed E-state index contributed by atoms with van der Waals surface area (Å²) < 4.78 is 0. The first-order valence-electron chi connectivity index (χ1n) is 4.39. The van der Waals surface area contributed by atoms with E-state index >= 15 is 0 Å². The zero-order valence-corrected chi connectivity index (χ0v) is 8.03. The minimum atomic E-state index is -0.638. The van der Waals surface area contributed by atoms with E-state index in [2.05, 4.69) is 5.32 Å². The summed E-state index contributed by atoms with van der Waals surface area (Å²) >= 11 is 0. The van der Waals surface area contributed by atoms with Crippen LogP contribution in [0.5, 0.6) is 0 Å². The Labute approximate surface area is 82.7 Å². The van der Waals surface area contributed by atoms with E-state index in [0.29, 0.717) is 5.69 Å². The molecule has 0 heterocycles. The Morgan fingerprint density at radius 3 is 2.50 bits per heavy atom. The predicted molar refractivity (Wildman–Crippen MR) is 54.8 cm³/mol. The molecular formula is C10H14N2O2. The van der Waals surface area contributed by atoms with Crippen molar-refractivity contribution in [1.29, 1.82) is 0 Å². The Kier molecular flexibility index (Phi) is 3.62. The monoisotopic (exact) mass is 194 g/mol. The van der Waals surface area contributed by atoms with Gasteiger partial charge in [0.25, 0.3) is 0 Å². The molecule has 0 aliphatic carbocycles. The van der Waals surface area contributed by atoms with E-state index in [1.54, 1.807) is 24.3 Å². The summed E-state index contributed by atoms with van der Waals surface area (Å²) in [6, 6.07) is 6.94. The number of hydrogen-bond acceptors (Lipinski definition) is 3. The molecule has 1 amide bonds. The predicted octanol–water partition coefficient (Wildman–Crippen LogP) is 0.637. The van der Waals surface area contributed by atoms with Crippen LogP contribution in [0.15, 0.2) is 24.3 Å². The average molecular weight is 194 g/mol. The molecule has 1 aromatic rings. The van der Waals surface area contributed by atoms with Gasteiger partial charge in [0, 0.05) is 19.2 Å². The minimum absolute atomic E-state index is 0.114. The Bertz CT molecular complexity index is 308. The summed E-state index contributed by atoms with van der Waals surface area (Å²) in [5, 5.41) is 12.0. The van der Waals surface area contributed by atoms with Gasteiger partial charge in [-0.05, 0) is 17.7 Å². The van der Waals surface area contributed by atoms with Gasteiger partial charge in [-0.2, -0.15) is 0 Å². The third kappa shape index (κ3) is 2.83. The summed E-state index contributed by atoms with van der Waals surface area (Å²) in [7, 11) is 0. The highest BCUT2D eigenvalue weighted by atomic mass is 16.3. The standard InChI is InChI=1S/C10H14N2O2/c1-7(13)12-9-4-2-8(3-5-9)10(14)6-11/h2-5,10,14H,6,11H2,1H3,(H,12,13). The molecule has 1 aromatic carbocycles. The topological polar surface area (TPSA) is 75.3 Å². The number of rotatable bonds is 3. The molecule has 1 atom stereocenters. The third-order valence-corrected chi connectivity index (χ3v) is 1.84. The third-order valence-electron chi connectivity index (χ3n) is 1.84. The van der Waals surface area contributed by atoms with E-state index in [4.69, 9.17) is 5.73 Å². The van der Waals surface area contributed by atoms with Crippen molar-refractivity contribution < 1.29 is 9.90 Å². The largest absolute Gasteiger partial charge is 0.387 e. The van der Waals surface area contributed by atoms with Crippen LogP contribution in [0.2, 0.25) is 0 Å². The van der Waals surface area contributed by atoms with Gasteiger partial charge in [0.2, 0.25) is 5.91 Å². The van der Waals surface area contributed by atoms with E-state index in [9.17, 15) is 9.90 Å². The van der Waals surface area contributed by atoms with Crippen molar-refractivity contribution >= 4 is 11.6 Å². The second-order valence-electron chi connectivity index (χ2n) is 3.05. The van der Waals surface area contributed by atoms with Crippen molar-refractivity contribution in [2.24, 2.45) is 5.73 Å². The molecule has 0 fully saturated rings. The number of nitrogens with two attached hydrogens (primary N) is 1. The number of amides is 1. The van der Waals surface area contributed by atoms with Crippen LogP contribution in [0.4, 0.5) is 5.69 Å². The molecule has 0 bridgehead atoms. The molecule has 0 aliphatic rings. The van der Waals surface area contributed by atoms with Crippen molar-refractivity contribution in [1.82, 2.24) is 0 Å². The fraction of sp³-hybridized carbons (Fsp3) is 0.300. The molecule has 4 N–H and O–H groups in total. The normalized spacial score (nSPS) is 12.2. The first-order chi connectivity index (χ1) is 6.63. The zero-order chi connectivity index (χ0) is 10.6. The summed E-state index contributed by atoms with van der Waals surface area (Å²) in [4.78, 5) is 10.7. The molecule has 0 radical (unpaired) electrons. The number of benzene rings is 1. The second-order valence-corrected chi connectivity index (χ2v) is 3.05. The number of aliphatic hydroxyl groups is 1. The molecule has 0 aliphatic heterocycles. The number of aliphatic hydroxyl groups excluding tert-OH is 1. The quantitative estimate of drug-likeness (QED) is 0.660. The van der Waals surface area contributed by atoms with Crippen molar-refractivity contribution in [2.75, 3.05) is 11.9 Å². The Hall–Kier alpha value is -1.39. The number of carbonyl (C=O) groups is 1. The van der Waals surface area contributed by atoms with E-state index in [0.717, 1.165) is 5.56 Å². The molecule has 0 aromatic heterocycles. The molecule has 0 saturated heterocycles. The van der Waals surface area contributed by atoms with Gasteiger partial charge in [0.05, 0.1) is 6.10 Å². The molecule has 1 unspecified atom stereocenters. The van der Waals surface area contributed by atoms with Gasteiger partial charge in [0.1, 0.15) is 0 Å². The van der Waals surface area contributed by atoms with Crippen molar-refractivity contribution in [3.05, 3.63) is 29.8 Å². The van der Waals surface area contributed by atoms with E-state index in [1.165, 1.54) is 6.92 Å². The molecule has 4 nitrogen and oxygen atoms in total. The van der Waals surface area contributed by atoms with Gasteiger partial charge < -0.3 is 16.2 Å². The van der Waals surface area contributed by atoms with Crippen molar-refractivity contribution in [3.63, 3.8) is 0 Å². The maximum Gasteiger partial charge on any atom is 0.221 e. The Morgan fingerprint density at radius 1 is 1.50 bits per heavy atom. The van der Waals surface area contributed by atoms with Crippen molar-refractivity contribution in [2.45, 2.75) is 13.0 Å². The SMILES string of the molecule is CC(=O)Nc1ccc(C(O)CN)cc1. The van der Waals surface area contributed by atoms with Gasteiger partial charge in [0.15, 0.2) is 0 Å². The molecular weight excluding hydrogens is 180 g/mol. The molecule has 0 spiro atoms. The van der Waals surface area contributed by atoms with Gasteiger partial charge in [-0.15, -0.1) is 0 Å². The lowest BCUT2D eigenvalue weighted by Gasteiger charge is -2.08. The van der Waals surface area contributed by atoms with Crippen LogP contribution in [0.3, 0.4) is 0 Å². The lowest BCUT2D eigenvalue weighted by atomic mass is 10.1. The van der Waals surface area contributed by atoms with Crippen LogP contribution in [0.25, 0.3) is 0 Å². The Morgan fingerprint density at radius 2 is 2.07 bits per heavy atom. The zero-order valence-electron chi connectivity index (χ0n) is 8.03. The molecule has 14 heavy (non-hydrogen) atoms. The second kappa shape index (κ2) is 4.74. The number of hydrogen-bond donors (Lipinski definition) is 3. The maximum absolute atomic E-state index is 10.7. The number of carbonyl (C=O) groups excluding carboxylic acids is 1. The maximum atomic E-state index is 10.7. The smallest absolute Gasteiger partial charge is 0.221 e. The summed E-state index contributed by atoms with van der Waals surface area (Å²) in [5.74, 6) is -0.114. The highest BCUT2D eigenvalue weighted by molar-refractivity contribution is 5.88. The summed E-state index contributed by atoms with van der Waals surface area (Å²) in [6.45, 7) is 1.64. The fourth-order valence-corrected chi connectivity index (χ4v) is 1.13. The van der Waals surface area contributed by atoms with E-state index in [-0.39, 0.29) is 12.5 Å². The van der Waals surface area contributed by atoms with E-state index < -0.39 is 6.10 Å². The highest BCUT2D eigenvalue weighted by Gasteiger charge is 2.04. The van der Waals surface area contributed by atoms with E-state index in [1.807, 2.05) is 0 Å². The summed E-state index contributed by atoms with van der Waals surface area (Å²) in [6.07, 6.45) is -0.638. The molecule has 0 saturated carbocycles. The van der Waals surface area contributed by atoms with Crippen LogP contribution in [0.1, 0.15) is 18.6 Å². The number of nitrogens with one attached hydrogen (secondary N) is 1. The van der Waals surface area contributed by atoms with Crippen LogP contribution < -0.4 is 11.1 Å². The van der Waals surface area contributed by atoms with Crippen LogP contribution in [0, 0.1) is 0 Å². The van der Waals surface area contributed by atoms with Gasteiger partial charge in [-0.25, -0.2) is 0 Å². The van der Waals surface area contributed by atoms with Gasteiger partial charge in [-0.3, -0.25) is 4.79 Å². The highest BCUT2D eigenvalue weighted by Crippen LogP contribution is 2.15. The van der Waals surface area contributed by atoms with Gasteiger partial charge in [-0.1, -0.05) is 12.1 Å². The first-order valence-corrected chi connectivity index (χ1v) is 4.39. The van der Waals surface area contributed by atoms with Gasteiger partial charge >= 0.3 is 0 Å². The summed E-state index contributed by atoms with van der Waals surface area (Å²) in [5.41, 5.74) is 6.77. The molecule has 76 valence electrons. The van der Waals surface area contributed by atoms with Crippen LogP contribution >= 0.6 is 0 Å². The number of anilines is 1. The minimum Gasteiger partial charge on any atom is -0.387 e. The lowest BCUT2D eigenvalue weighted by molar-refractivity contribution is -0.114. The molecule has 4 heteroatoms. The van der Waals surface area contributed by atoms with Crippen LogP contribution in [-0.2, 0) is 4.79 Å². The average Bonchev–Trinajstić information content (AvgIpc) is 2.17.